The number of nitrogens with zero attached hydrogens (tertiary/aromatic N) is 3. The molecule has 3 N–H and O–H groups in total. The molecule has 2 rings (SSSR count). The average molecular weight is 181 g/mol. The number of rotatable bonds is 1. The van der Waals surface area contributed by atoms with Crippen LogP contribution in [0, 0.1) is 0 Å². The first kappa shape index (κ1) is 7.35. The largest absolute Gasteiger partial charge is 0.368 e. The molecule has 6 heteroatoms. The minimum absolute atomic E-state index is 0.235. The number of imidazole rings is 1. The van der Waals surface area contributed by atoms with Gasteiger partial charge in [0, 0.05) is 5.75 Å². The molecule has 0 saturated carbocycles. The summed E-state index contributed by atoms with van der Waals surface area (Å²) in [4.78, 5) is 14.8. The van der Waals surface area contributed by atoms with Crippen molar-refractivity contribution < 1.29 is 0 Å². The molecule has 0 saturated heterocycles. The Morgan fingerprint density at radius 2 is 2.33 bits per heavy atom. The molecule has 62 valence electrons. The van der Waals surface area contributed by atoms with Gasteiger partial charge in [0.2, 0.25) is 5.95 Å². The molecule has 0 fully saturated rings. The third-order valence-corrected chi connectivity index (χ3v) is 1.83. The second-order valence-electron chi connectivity index (χ2n) is 2.29. The number of nitrogen functional groups attached to an aromatic ring is 1. The summed E-state index contributed by atoms with van der Waals surface area (Å²) < 4.78 is 0. The van der Waals surface area contributed by atoms with E-state index in [-0.39, 0.29) is 5.95 Å². The highest BCUT2D eigenvalue weighted by Gasteiger charge is 2.05. The van der Waals surface area contributed by atoms with E-state index in [0.717, 1.165) is 11.2 Å². The Hall–Kier alpha value is -1.30. The van der Waals surface area contributed by atoms with Gasteiger partial charge < -0.3 is 10.7 Å². The number of hydrogen-bond acceptors (Lipinski definition) is 5. The van der Waals surface area contributed by atoms with Crippen molar-refractivity contribution >= 4 is 29.7 Å². The third-order valence-electron chi connectivity index (χ3n) is 1.53. The van der Waals surface area contributed by atoms with Gasteiger partial charge in [-0.25, -0.2) is 9.97 Å². The Bertz CT molecular complexity index is 409. The van der Waals surface area contributed by atoms with Gasteiger partial charge in [-0.15, -0.1) is 0 Å². The molecule has 0 aliphatic rings. The number of thiol groups is 1. The molecule has 0 atom stereocenters. The first-order chi connectivity index (χ1) is 5.81. The minimum Gasteiger partial charge on any atom is -0.368 e. The second kappa shape index (κ2) is 2.63. The summed E-state index contributed by atoms with van der Waals surface area (Å²) in [7, 11) is 0. The van der Waals surface area contributed by atoms with Gasteiger partial charge in [0.15, 0.2) is 5.65 Å². The van der Waals surface area contributed by atoms with Crippen LogP contribution in [0.25, 0.3) is 11.2 Å². The van der Waals surface area contributed by atoms with Gasteiger partial charge in [0.1, 0.15) is 5.52 Å². The van der Waals surface area contributed by atoms with Crippen LogP contribution < -0.4 is 5.73 Å². The minimum atomic E-state index is 0.235. The maximum absolute atomic E-state index is 5.45. The molecule has 0 spiro atoms. The summed E-state index contributed by atoms with van der Waals surface area (Å²) in [6.45, 7) is 0. The number of H-pyrrole nitrogens is 1. The van der Waals surface area contributed by atoms with Crippen LogP contribution in [-0.4, -0.2) is 19.9 Å². The molecule has 5 nitrogen and oxygen atoms in total. The van der Waals surface area contributed by atoms with Crippen LogP contribution in [0.3, 0.4) is 0 Å². The Balaban J connectivity index is 2.80. The summed E-state index contributed by atoms with van der Waals surface area (Å²) >= 11 is 4.11. The van der Waals surface area contributed by atoms with E-state index in [2.05, 4.69) is 32.6 Å². The number of nitrogens with one attached hydrogen (secondary N) is 1. The molecule has 0 aliphatic carbocycles. The van der Waals surface area contributed by atoms with Crippen molar-refractivity contribution in [2.75, 3.05) is 5.73 Å². The van der Waals surface area contributed by atoms with Gasteiger partial charge in [-0.1, -0.05) is 0 Å². The number of hydrogen-bond donors (Lipinski definition) is 3. The maximum Gasteiger partial charge on any atom is 0.222 e. The van der Waals surface area contributed by atoms with E-state index in [1.54, 1.807) is 6.33 Å². The fourth-order valence-corrected chi connectivity index (χ4v) is 1.26. The molecule has 2 aromatic rings. The van der Waals surface area contributed by atoms with E-state index >= 15 is 0 Å². The Morgan fingerprint density at radius 1 is 1.50 bits per heavy atom. The lowest BCUT2D eigenvalue weighted by molar-refractivity contribution is 1.14. The Morgan fingerprint density at radius 3 is 3.08 bits per heavy atom. The van der Waals surface area contributed by atoms with Crippen LogP contribution in [0.15, 0.2) is 6.33 Å². The molecule has 0 unspecified atom stereocenters. The van der Waals surface area contributed by atoms with Gasteiger partial charge in [-0.05, 0) is 0 Å². The van der Waals surface area contributed by atoms with Gasteiger partial charge in [-0.2, -0.15) is 17.6 Å². The zero-order chi connectivity index (χ0) is 8.55. The van der Waals surface area contributed by atoms with Gasteiger partial charge >= 0.3 is 0 Å². The van der Waals surface area contributed by atoms with E-state index < -0.39 is 0 Å². The number of anilines is 1. The lowest BCUT2D eigenvalue weighted by Crippen LogP contribution is -1.98. The molecule has 12 heavy (non-hydrogen) atoms. The van der Waals surface area contributed by atoms with Crippen LogP contribution in [-0.2, 0) is 5.75 Å². The lowest BCUT2D eigenvalue weighted by atomic mass is 10.4. The van der Waals surface area contributed by atoms with Crippen LogP contribution in [0.2, 0.25) is 0 Å². The Kier molecular flexibility index (Phi) is 1.61. The first-order valence-corrected chi connectivity index (χ1v) is 4.01. The quantitative estimate of drug-likeness (QED) is 0.555. The zero-order valence-corrected chi connectivity index (χ0v) is 7.05. The molecule has 2 heterocycles. The maximum atomic E-state index is 5.45. The van der Waals surface area contributed by atoms with Crippen molar-refractivity contribution in [2.45, 2.75) is 5.75 Å². The van der Waals surface area contributed by atoms with E-state index in [4.69, 9.17) is 5.73 Å². The second-order valence-corrected chi connectivity index (χ2v) is 2.60. The molecular weight excluding hydrogens is 174 g/mol. The highest BCUT2D eigenvalue weighted by molar-refractivity contribution is 7.79. The van der Waals surface area contributed by atoms with Crippen LogP contribution in [0.1, 0.15) is 5.69 Å². The summed E-state index contributed by atoms with van der Waals surface area (Å²) in [5.74, 6) is 0.754. The average Bonchev–Trinajstić information content (AvgIpc) is 2.50. The van der Waals surface area contributed by atoms with Crippen LogP contribution in [0.5, 0.6) is 0 Å². The van der Waals surface area contributed by atoms with Crippen molar-refractivity contribution in [2.24, 2.45) is 0 Å². The standard InChI is InChI=1S/C6H7N5S/c7-6-10-3(1-12)4-5(11-6)9-2-8-4/h2,12H,1H2,(H3,7,8,9,10,11). The smallest absolute Gasteiger partial charge is 0.222 e. The van der Waals surface area contributed by atoms with Crippen LogP contribution >= 0.6 is 12.6 Å². The predicted molar refractivity (Wildman–Crippen MR) is 48.8 cm³/mol. The highest BCUT2D eigenvalue weighted by Crippen LogP contribution is 2.13. The number of fused-ring (bicyclic) bond motifs is 1. The topological polar surface area (TPSA) is 80.5 Å². The number of aromatic amines is 1. The van der Waals surface area contributed by atoms with Gasteiger partial charge in [0.05, 0.1) is 12.0 Å². The fraction of sp³-hybridized carbons (Fsp3) is 0.167. The lowest BCUT2D eigenvalue weighted by Gasteiger charge is -1.97. The van der Waals surface area contributed by atoms with E-state index in [1.165, 1.54) is 0 Å². The molecule has 2 aromatic heterocycles. The molecule has 0 bridgehead atoms. The summed E-state index contributed by atoms with van der Waals surface area (Å²) in [5.41, 5.74) is 7.62. The molecular formula is C6H7N5S. The number of aromatic nitrogens is 4. The Labute approximate surface area is 73.8 Å². The summed E-state index contributed by atoms with van der Waals surface area (Å²) in [6.07, 6.45) is 1.56. The van der Waals surface area contributed by atoms with Crippen molar-refractivity contribution in [1.29, 1.82) is 0 Å². The predicted octanol–water partition coefficient (Wildman–Crippen LogP) is 0.365. The number of nitrogens with two attached hydrogens (primary N) is 1. The van der Waals surface area contributed by atoms with Gasteiger partial charge in [-0.3, -0.25) is 0 Å². The fourth-order valence-electron chi connectivity index (χ4n) is 1.03. The van der Waals surface area contributed by atoms with E-state index in [9.17, 15) is 0 Å². The van der Waals surface area contributed by atoms with Crippen molar-refractivity contribution in [3.05, 3.63) is 12.0 Å². The van der Waals surface area contributed by atoms with Crippen molar-refractivity contribution in [1.82, 2.24) is 19.9 Å². The zero-order valence-electron chi connectivity index (χ0n) is 6.15. The van der Waals surface area contributed by atoms with Gasteiger partial charge in [0.25, 0.3) is 0 Å². The molecule has 0 amide bonds. The first-order valence-electron chi connectivity index (χ1n) is 3.37. The van der Waals surface area contributed by atoms with Crippen LogP contribution in [0.4, 0.5) is 5.95 Å². The molecule has 0 aliphatic heterocycles. The third kappa shape index (κ3) is 1.00. The summed E-state index contributed by atoms with van der Waals surface area (Å²) in [6, 6.07) is 0. The van der Waals surface area contributed by atoms with Crippen molar-refractivity contribution in [3.8, 4) is 0 Å². The SMILES string of the molecule is Nc1nc(CS)c2[nH]cnc2n1. The van der Waals surface area contributed by atoms with E-state index in [1.807, 2.05) is 0 Å². The van der Waals surface area contributed by atoms with Crippen molar-refractivity contribution in [3.63, 3.8) is 0 Å². The molecule has 0 radical (unpaired) electrons. The monoisotopic (exact) mass is 181 g/mol. The summed E-state index contributed by atoms with van der Waals surface area (Å²) in [5, 5.41) is 0. The normalized spacial score (nSPS) is 10.8. The molecule has 0 aromatic carbocycles. The van der Waals surface area contributed by atoms with E-state index in [0.29, 0.717) is 11.4 Å². The highest BCUT2D eigenvalue weighted by atomic mass is 32.1.